The predicted octanol–water partition coefficient (Wildman–Crippen LogP) is 4.71. The zero-order chi connectivity index (χ0) is 27.7. The first-order valence-electron chi connectivity index (χ1n) is 14.8. The number of nitrogens with one attached hydrogen (secondary N) is 3. The number of anilines is 2. The molecule has 0 amide bonds. The summed E-state index contributed by atoms with van der Waals surface area (Å²) in [6.45, 7) is 7.04. The Morgan fingerprint density at radius 1 is 1.12 bits per heavy atom. The summed E-state index contributed by atoms with van der Waals surface area (Å²) in [5.41, 5.74) is 1.77. The molecule has 214 valence electrons. The van der Waals surface area contributed by atoms with Gasteiger partial charge in [-0.05, 0) is 88.2 Å². The first-order chi connectivity index (χ1) is 19.4. The summed E-state index contributed by atoms with van der Waals surface area (Å²) < 4.78 is 17.2. The van der Waals surface area contributed by atoms with E-state index in [0.717, 1.165) is 36.7 Å². The molecular weight excluding hydrogens is 504 g/mol. The Bertz CT molecular complexity index is 1230. The molecule has 9 nitrogen and oxygen atoms in total. The molecule has 1 aromatic heterocycles. The van der Waals surface area contributed by atoms with E-state index in [4.69, 9.17) is 19.2 Å². The third kappa shape index (κ3) is 5.76. The van der Waals surface area contributed by atoms with Gasteiger partial charge in [-0.2, -0.15) is 10.2 Å². The SMILES string of the molecule is COc1ccccc1CNc1ncc(C#N)c(NC[C@]23CC4C[C@H](C2)[C@@H](NCC[C@@H]2COC(C)(C)O2)[C@@H](C4)C3)n1. The van der Waals surface area contributed by atoms with Crippen LogP contribution in [-0.2, 0) is 16.0 Å². The second-order valence-corrected chi connectivity index (χ2v) is 12.8. The molecule has 4 saturated carbocycles. The molecule has 5 fully saturated rings. The highest BCUT2D eigenvalue weighted by Gasteiger charge is 2.55. The van der Waals surface area contributed by atoms with Gasteiger partial charge in [0, 0.05) is 24.7 Å². The van der Waals surface area contributed by atoms with Gasteiger partial charge in [-0.15, -0.1) is 0 Å². The summed E-state index contributed by atoms with van der Waals surface area (Å²) in [6.07, 6.45) is 9.19. The molecule has 1 aromatic carbocycles. The van der Waals surface area contributed by atoms with Crippen molar-refractivity contribution in [1.29, 1.82) is 5.26 Å². The first-order valence-corrected chi connectivity index (χ1v) is 14.8. The van der Waals surface area contributed by atoms with Gasteiger partial charge in [-0.3, -0.25) is 0 Å². The van der Waals surface area contributed by atoms with E-state index in [0.29, 0.717) is 48.4 Å². The number of benzene rings is 1. The largest absolute Gasteiger partial charge is 0.496 e. The van der Waals surface area contributed by atoms with E-state index >= 15 is 0 Å². The van der Waals surface area contributed by atoms with Gasteiger partial charge in [-0.1, -0.05) is 18.2 Å². The molecule has 2 heterocycles. The third-order valence-corrected chi connectivity index (χ3v) is 9.48. The number of aromatic nitrogens is 2. The van der Waals surface area contributed by atoms with Crippen LogP contribution in [0.4, 0.5) is 11.8 Å². The van der Waals surface area contributed by atoms with Crippen molar-refractivity contribution in [2.75, 3.05) is 37.4 Å². The summed E-state index contributed by atoms with van der Waals surface area (Å²) in [7, 11) is 1.67. The van der Waals surface area contributed by atoms with E-state index in [1.807, 2.05) is 38.1 Å². The fourth-order valence-electron chi connectivity index (χ4n) is 8.04. The lowest BCUT2D eigenvalue weighted by atomic mass is 9.48. The van der Waals surface area contributed by atoms with Gasteiger partial charge in [0.2, 0.25) is 5.95 Å². The highest BCUT2D eigenvalue weighted by atomic mass is 16.7. The van der Waals surface area contributed by atoms with E-state index in [1.54, 1.807) is 13.3 Å². The highest BCUT2D eigenvalue weighted by molar-refractivity contribution is 5.53. The number of hydrogen-bond acceptors (Lipinski definition) is 9. The summed E-state index contributed by atoms with van der Waals surface area (Å²) in [5.74, 6) is 3.72. The van der Waals surface area contributed by atoms with Crippen LogP contribution in [0.5, 0.6) is 5.75 Å². The molecular formula is C31H42N6O3. The molecule has 4 bridgehead atoms. The van der Waals surface area contributed by atoms with Crippen LogP contribution >= 0.6 is 0 Å². The number of hydrogen-bond donors (Lipinski definition) is 3. The molecule has 7 rings (SSSR count). The van der Waals surface area contributed by atoms with Crippen molar-refractivity contribution in [2.45, 2.75) is 76.9 Å². The predicted molar refractivity (Wildman–Crippen MR) is 153 cm³/mol. The monoisotopic (exact) mass is 546 g/mol. The van der Waals surface area contributed by atoms with E-state index in [2.05, 4.69) is 27.0 Å². The summed E-state index contributed by atoms with van der Waals surface area (Å²) in [4.78, 5) is 9.08. The lowest BCUT2D eigenvalue weighted by molar-refractivity contribution is -0.139. The second kappa shape index (κ2) is 11.2. The minimum atomic E-state index is -0.450. The maximum Gasteiger partial charge on any atom is 0.224 e. The molecule has 5 aliphatic rings. The van der Waals surface area contributed by atoms with E-state index in [1.165, 1.54) is 32.1 Å². The van der Waals surface area contributed by atoms with Gasteiger partial charge in [-0.25, -0.2) is 4.98 Å². The molecule has 0 radical (unpaired) electrons. The Balaban J connectivity index is 1.06. The fourth-order valence-corrected chi connectivity index (χ4v) is 8.04. The second-order valence-electron chi connectivity index (χ2n) is 12.8. The van der Waals surface area contributed by atoms with Crippen molar-refractivity contribution in [2.24, 2.45) is 23.2 Å². The van der Waals surface area contributed by atoms with Gasteiger partial charge in [0.05, 0.1) is 26.0 Å². The summed E-state index contributed by atoms with van der Waals surface area (Å²) in [5, 5.41) is 20.6. The highest BCUT2D eigenvalue weighted by Crippen LogP contribution is 2.60. The minimum absolute atomic E-state index is 0.186. The maximum atomic E-state index is 9.74. The van der Waals surface area contributed by atoms with Crippen molar-refractivity contribution in [3.8, 4) is 11.8 Å². The topological polar surface area (TPSA) is 113 Å². The van der Waals surface area contributed by atoms with Crippen LogP contribution in [-0.4, -0.2) is 54.7 Å². The van der Waals surface area contributed by atoms with Crippen molar-refractivity contribution < 1.29 is 14.2 Å². The van der Waals surface area contributed by atoms with Gasteiger partial charge in [0.15, 0.2) is 5.79 Å². The van der Waals surface area contributed by atoms with Crippen molar-refractivity contribution >= 4 is 11.8 Å². The molecule has 1 unspecified atom stereocenters. The first kappa shape index (κ1) is 27.3. The molecule has 6 atom stereocenters. The molecule has 9 heteroatoms. The molecule has 1 aliphatic heterocycles. The number of methoxy groups -OCH3 is 1. The average Bonchev–Trinajstić information content (AvgIpc) is 3.30. The zero-order valence-corrected chi connectivity index (χ0v) is 23.9. The normalized spacial score (nSPS) is 31.6. The van der Waals surface area contributed by atoms with E-state index in [-0.39, 0.29) is 11.5 Å². The quantitative estimate of drug-likeness (QED) is 0.369. The van der Waals surface area contributed by atoms with Crippen LogP contribution in [0.3, 0.4) is 0 Å². The lowest BCUT2D eigenvalue weighted by Gasteiger charge is -2.60. The molecule has 1 saturated heterocycles. The lowest BCUT2D eigenvalue weighted by Crippen LogP contribution is -2.59. The Kier molecular flexibility index (Phi) is 7.60. The molecule has 2 aromatic rings. The molecule has 0 spiro atoms. The number of nitriles is 1. The van der Waals surface area contributed by atoms with Crippen LogP contribution in [0.1, 0.15) is 63.5 Å². The molecule has 3 N–H and O–H groups in total. The van der Waals surface area contributed by atoms with Crippen molar-refractivity contribution in [1.82, 2.24) is 15.3 Å². The van der Waals surface area contributed by atoms with Gasteiger partial charge < -0.3 is 30.2 Å². The fraction of sp³-hybridized carbons (Fsp3) is 0.645. The number of para-hydroxylation sites is 1. The maximum absolute atomic E-state index is 9.74. The van der Waals surface area contributed by atoms with Gasteiger partial charge in [0.25, 0.3) is 0 Å². The van der Waals surface area contributed by atoms with Crippen molar-refractivity contribution in [3.05, 3.63) is 41.6 Å². The number of nitrogens with zero attached hydrogens (tertiary/aromatic N) is 3. The standard InChI is InChI=1S/C31H42N6O3/c1-30(2)39-18-25(40-30)8-9-33-27-22-10-20-11-23(27)14-31(12-20,13-22)19-36-28-24(15-32)17-35-29(37-28)34-16-21-6-4-5-7-26(21)38-3/h4-7,17,20,22-23,25,27,33H,8-14,16,18-19H2,1-3H3,(H2,34,35,36,37)/t20?,22-,23+,25-,27-,31-/m1/s1. The minimum Gasteiger partial charge on any atom is -0.496 e. The third-order valence-electron chi connectivity index (χ3n) is 9.48. The average molecular weight is 547 g/mol. The van der Waals surface area contributed by atoms with E-state index in [9.17, 15) is 5.26 Å². The Morgan fingerprint density at radius 3 is 2.65 bits per heavy atom. The summed E-state index contributed by atoms with van der Waals surface area (Å²) >= 11 is 0. The van der Waals surface area contributed by atoms with Crippen LogP contribution in [0.15, 0.2) is 30.5 Å². The van der Waals surface area contributed by atoms with Crippen molar-refractivity contribution in [3.63, 3.8) is 0 Å². The van der Waals surface area contributed by atoms with Gasteiger partial charge >= 0.3 is 0 Å². The smallest absolute Gasteiger partial charge is 0.224 e. The van der Waals surface area contributed by atoms with Crippen LogP contribution in [0.25, 0.3) is 0 Å². The Hall–Kier alpha value is -2.93. The summed E-state index contributed by atoms with van der Waals surface area (Å²) in [6, 6.07) is 10.8. The van der Waals surface area contributed by atoms with Crippen LogP contribution < -0.4 is 20.7 Å². The van der Waals surface area contributed by atoms with Gasteiger partial charge in [0.1, 0.15) is 23.2 Å². The number of rotatable bonds is 11. The Labute approximate surface area is 237 Å². The molecule has 4 aliphatic carbocycles. The zero-order valence-electron chi connectivity index (χ0n) is 23.9. The van der Waals surface area contributed by atoms with Crippen LogP contribution in [0, 0.1) is 34.5 Å². The van der Waals surface area contributed by atoms with Crippen LogP contribution in [0.2, 0.25) is 0 Å². The molecule has 40 heavy (non-hydrogen) atoms. The Morgan fingerprint density at radius 2 is 1.93 bits per heavy atom. The van der Waals surface area contributed by atoms with E-state index < -0.39 is 5.79 Å². The number of ether oxygens (including phenoxy) is 3.